The van der Waals surface area contributed by atoms with E-state index in [0.29, 0.717) is 0 Å². The van der Waals surface area contributed by atoms with Gasteiger partial charge in [-0.15, -0.1) is 0 Å². The van der Waals surface area contributed by atoms with Crippen molar-refractivity contribution >= 4 is 0 Å². The summed E-state index contributed by atoms with van der Waals surface area (Å²) in [7, 11) is 0. The van der Waals surface area contributed by atoms with Crippen LogP contribution in [-0.4, -0.2) is 6.54 Å². The van der Waals surface area contributed by atoms with Gasteiger partial charge in [-0.25, -0.2) is 0 Å². The quantitative estimate of drug-likeness (QED) is 0.809. The van der Waals surface area contributed by atoms with Crippen LogP contribution in [0.15, 0.2) is 48.5 Å². The fourth-order valence-corrected chi connectivity index (χ4v) is 2.14. The standard InChI is InChI=1S/C18H23NO/c1-4-13-19-15(3)17-7-5-6-8-18(17)20-16-11-9-14(2)10-12-16/h5-12,15,19H,4,13H2,1-3H3. The number of rotatable bonds is 6. The average molecular weight is 269 g/mol. The van der Waals surface area contributed by atoms with Crippen molar-refractivity contribution in [1.29, 1.82) is 0 Å². The molecule has 0 spiro atoms. The summed E-state index contributed by atoms with van der Waals surface area (Å²) in [5.41, 5.74) is 2.44. The predicted molar refractivity (Wildman–Crippen MR) is 84.4 cm³/mol. The van der Waals surface area contributed by atoms with Crippen LogP contribution in [0.5, 0.6) is 11.5 Å². The topological polar surface area (TPSA) is 21.3 Å². The fourth-order valence-electron chi connectivity index (χ4n) is 2.14. The minimum absolute atomic E-state index is 0.289. The second-order valence-electron chi connectivity index (χ2n) is 5.13. The summed E-state index contributed by atoms with van der Waals surface area (Å²) in [6.07, 6.45) is 1.13. The van der Waals surface area contributed by atoms with Gasteiger partial charge in [0.1, 0.15) is 11.5 Å². The van der Waals surface area contributed by atoms with Crippen LogP contribution in [0.2, 0.25) is 0 Å². The van der Waals surface area contributed by atoms with E-state index < -0.39 is 0 Å². The zero-order chi connectivity index (χ0) is 14.4. The SMILES string of the molecule is CCCNC(C)c1ccccc1Oc1ccc(C)cc1. The molecule has 0 bridgehead atoms. The lowest BCUT2D eigenvalue weighted by Crippen LogP contribution is -2.19. The maximum Gasteiger partial charge on any atom is 0.132 e. The van der Waals surface area contributed by atoms with E-state index in [0.717, 1.165) is 24.5 Å². The van der Waals surface area contributed by atoms with Crippen LogP contribution < -0.4 is 10.1 Å². The van der Waals surface area contributed by atoms with Crippen LogP contribution in [0.1, 0.15) is 37.4 Å². The van der Waals surface area contributed by atoms with E-state index in [1.165, 1.54) is 11.1 Å². The molecule has 0 amide bonds. The van der Waals surface area contributed by atoms with Gasteiger partial charge in [-0.1, -0.05) is 42.8 Å². The molecule has 2 aromatic carbocycles. The van der Waals surface area contributed by atoms with Crippen molar-refractivity contribution < 1.29 is 4.74 Å². The van der Waals surface area contributed by atoms with Crippen molar-refractivity contribution in [2.24, 2.45) is 0 Å². The first-order chi connectivity index (χ1) is 9.70. The molecule has 0 fully saturated rings. The highest BCUT2D eigenvalue weighted by atomic mass is 16.5. The van der Waals surface area contributed by atoms with Gasteiger partial charge in [0.25, 0.3) is 0 Å². The summed E-state index contributed by atoms with van der Waals surface area (Å²) in [4.78, 5) is 0. The molecule has 2 heteroatoms. The van der Waals surface area contributed by atoms with E-state index in [4.69, 9.17) is 4.74 Å². The zero-order valence-electron chi connectivity index (χ0n) is 12.5. The molecule has 20 heavy (non-hydrogen) atoms. The predicted octanol–water partition coefficient (Wildman–Crippen LogP) is 4.85. The third kappa shape index (κ3) is 3.84. The molecule has 2 nitrogen and oxygen atoms in total. The number of aryl methyl sites for hydroxylation is 1. The van der Waals surface area contributed by atoms with Crippen molar-refractivity contribution in [2.75, 3.05) is 6.54 Å². The molecule has 0 aromatic heterocycles. The first kappa shape index (κ1) is 14.6. The van der Waals surface area contributed by atoms with Crippen LogP contribution in [0.25, 0.3) is 0 Å². The molecule has 0 heterocycles. The van der Waals surface area contributed by atoms with Crippen molar-refractivity contribution in [3.8, 4) is 11.5 Å². The summed E-state index contributed by atoms with van der Waals surface area (Å²) in [5, 5.41) is 3.50. The highest BCUT2D eigenvalue weighted by Gasteiger charge is 2.10. The van der Waals surface area contributed by atoms with Crippen LogP contribution in [0, 0.1) is 6.92 Å². The highest BCUT2D eigenvalue weighted by Crippen LogP contribution is 2.29. The van der Waals surface area contributed by atoms with E-state index in [1.807, 2.05) is 24.3 Å². The Hall–Kier alpha value is -1.80. The van der Waals surface area contributed by atoms with Crippen molar-refractivity contribution in [1.82, 2.24) is 5.32 Å². The van der Waals surface area contributed by atoms with Gasteiger partial charge in [-0.3, -0.25) is 0 Å². The van der Waals surface area contributed by atoms with Gasteiger partial charge in [0, 0.05) is 11.6 Å². The van der Waals surface area contributed by atoms with Crippen LogP contribution in [0.4, 0.5) is 0 Å². The lowest BCUT2D eigenvalue weighted by Gasteiger charge is -2.18. The molecule has 1 unspecified atom stereocenters. The Bertz CT molecular complexity index is 533. The van der Waals surface area contributed by atoms with Crippen molar-refractivity contribution in [3.63, 3.8) is 0 Å². The molecule has 2 aromatic rings. The molecule has 0 aliphatic rings. The van der Waals surface area contributed by atoms with Crippen LogP contribution >= 0.6 is 0 Å². The summed E-state index contributed by atoms with van der Waals surface area (Å²) in [6.45, 7) is 7.44. The van der Waals surface area contributed by atoms with E-state index in [-0.39, 0.29) is 6.04 Å². The molecule has 0 saturated heterocycles. The van der Waals surface area contributed by atoms with E-state index in [1.54, 1.807) is 0 Å². The van der Waals surface area contributed by atoms with Gasteiger partial charge in [0.2, 0.25) is 0 Å². The number of nitrogens with one attached hydrogen (secondary N) is 1. The Kier molecular flexibility index (Phi) is 5.19. The van der Waals surface area contributed by atoms with E-state index >= 15 is 0 Å². The maximum absolute atomic E-state index is 6.03. The minimum atomic E-state index is 0.289. The molecule has 1 N–H and O–H groups in total. The zero-order valence-corrected chi connectivity index (χ0v) is 12.5. The second-order valence-corrected chi connectivity index (χ2v) is 5.13. The number of ether oxygens (including phenoxy) is 1. The summed E-state index contributed by atoms with van der Waals surface area (Å²) >= 11 is 0. The van der Waals surface area contributed by atoms with E-state index in [9.17, 15) is 0 Å². The number of para-hydroxylation sites is 1. The molecular formula is C18H23NO. The van der Waals surface area contributed by atoms with Gasteiger partial charge in [0.05, 0.1) is 0 Å². The van der Waals surface area contributed by atoms with Gasteiger partial charge < -0.3 is 10.1 Å². The first-order valence-electron chi connectivity index (χ1n) is 7.27. The molecule has 1 atom stereocenters. The van der Waals surface area contributed by atoms with E-state index in [2.05, 4.69) is 50.4 Å². The Labute approximate surface area is 121 Å². The Morgan fingerprint density at radius 1 is 1.05 bits per heavy atom. The third-order valence-corrected chi connectivity index (χ3v) is 3.33. The monoisotopic (exact) mass is 269 g/mol. The Morgan fingerprint density at radius 3 is 2.45 bits per heavy atom. The molecule has 0 saturated carbocycles. The third-order valence-electron chi connectivity index (χ3n) is 3.33. The number of hydrogen-bond acceptors (Lipinski definition) is 2. The lowest BCUT2D eigenvalue weighted by atomic mass is 10.1. The van der Waals surface area contributed by atoms with Gasteiger partial charge >= 0.3 is 0 Å². The van der Waals surface area contributed by atoms with Crippen molar-refractivity contribution in [3.05, 3.63) is 59.7 Å². The normalized spacial score (nSPS) is 12.2. The Balaban J connectivity index is 2.17. The largest absolute Gasteiger partial charge is 0.457 e. The summed E-state index contributed by atoms with van der Waals surface area (Å²) in [5.74, 6) is 1.80. The van der Waals surface area contributed by atoms with Gasteiger partial charge in [-0.05, 0) is 45.0 Å². The van der Waals surface area contributed by atoms with Gasteiger partial charge in [-0.2, -0.15) is 0 Å². The fraction of sp³-hybridized carbons (Fsp3) is 0.333. The first-order valence-corrected chi connectivity index (χ1v) is 7.27. The molecular weight excluding hydrogens is 246 g/mol. The highest BCUT2D eigenvalue weighted by molar-refractivity contribution is 5.40. The number of hydrogen-bond donors (Lipinski definition) is 1. The second kappa shape index (κ2) is 7.11. The van der Waals surface area contributed by atoms with Crippen molar-refractivity contribution in [2.45, 2.75) is 33.2 Å². The average Bonchev–Trinajstić information content (AvgIpc) is 2.48. The minimum Gasteiger partial charge on any atom is -0.457 e. The molecule has 106 valence electrons. The summed E-state index contributed by atoms with van der Waals surface area (Å²) in [6, 6.07) is 16.7. The summed E-state index contributed by atoms with van der Waals surface area (Å²) < 4.78 is 6.03. The maximum atomic E-state index is 6.03. The molecule has 0 aliphatic carbocycles. The molecule has 0 radical (unpaired) electrons. The Morgan fingerprint density at radius 2 is 1.75 bits per heavy atom. The molecule has 0 aliphatic heterocycles. The van der Waals surface area contributed by atoms with Crippen LogP contribution in [0.3, 0.4) is 0 Å². The lowest BCUT2D eigenvalue weighted by molar-refractivity contribution is 0.461. The van der Waals surface area contributed by atoms with Gasteiger partial charge in [0.15, 0.2) is 0 Å². The smallest absolute Gasteiger partial charge is 0.132 e. The molecule has 2 rings (SSSR count). The van der Waals surface area contributed by atoms with Crippen LogP contribution in [-0.2, 0) is 0 Å². The number of benzene rings is 2.